The van der Waals surface area contributed by atoms with Gasteiger partial charge >= 0.3 is 0 Å². The third kappa shape index (κ3) is 7.18. The highest BCUT2D eigenvalue weighted by atomic mass is 16.5. The Kier molecular flexibility index (Phi) is 8.52. The van der Waals surface area contributed by atoms with Gasteiger partial charge in [-0.05, 0) is 38.8 Å². The van der Waals surface area contributed by atoms with E-state index in [0.29, 0.717) is 18.4 Å². The molecular weight excluding hydrogens is 368 g/mol. The fourth-order valence-corrected chi connectivity index (χ4v) is 3.06. The summed E-state index contributed by atoms with van der Waals surface area (Å²) in [7, 11) is 0. The van der Waals surface area contributed by atoms with Crippen LogP contribution >= 0.6 is 0 Å². The summed E-state index contributed by atoms with van der Waals surface area (Å²) in [5, 5.41) is 6.60. The summed E-state index contributed by atoms with van der Waals surface area (Å²) >= 11 is 0. The summed E-state index contributed by atoms with van der Waals surface area (Å²) in [5.41, 5.74) is 2.99. The van der Waals surface area contributed by atoms with Gasteiger partial charge in [-0.1, -0.05) is 17.7 Å². The minimum atomic E-state index is 0.461. The lowest BCUT2D eigenvalue weighted by Gasteiger charge is -2.12. The Morgan fingerprint density at radius 2 is 2.14 bits per heavy atom. The smallest absolute Gasteiger partial charge is 0.226 e. The van der Waals surface area contributed by atoms with Crippen LogP contribution in [-0.2, 0) is 16.0 Å². The molecular formula is C22H32N4O3. The van der Waals surface area contributed by atoms with Crippen LogP contribution in [-0.4, -0.2) is 50.5 Å². The third-order valence-electron chi connectivity index (χ3n) is 4.73. The number of benzene rings is 1. The summed E-state index contributed by atoms with van der Waals surface area (Å²) in [4.78, 5) is 9.14. The summed E-state index contributed by atoms with van der Waals surface area (Å²) in [6, 6.07) is 8.13. The minimum Gasteiger partial charge on any atom is -0.444 e. The molecule has 158 valence electrons. The molecule has 0 saturated carbocycles. The Morgan fingerprint density at radius 1 is 1.28 bits per heavy atom. The van der Waals surface area contributed by atoms with E-state index < -0.39 is 0 Å². The number of rotatable bonds is 10. The summed E-state index contributed by atoms with van der Waals surface area (Å²) < 4.78 is 16.7. The van der Waals surface area contributed by atoms with E-state index in [4.69, 9.17) is 13.9 Å². The van der Waals surface area contributed by atoms with Crippen LogP contribution in [0, 0.1) is 12.8 Å². The fourth-order valence-electron chi connectivity index (χ4n) is 3.06. The molecule has 1 fully saturated rings. The van der Waals surface area contributed by atoms with Crippen LogP contribution in [0.25, 0.3) is 11.5 Å². The van der Waals surface area contributed by atoms with E-state index in [2.05, 4.69) is 46.6 Å². The monoisotopic (exact) mass is 400 g/mol. The maximum Gasteiger partial charge on any atom is 0.226 e. The summed E-state index contributed by atoms with van der Waals surface area (Å²) in [6.45, 7) is 9.43. The molecule has 7 heteroatoms. The van der Waals surface area contributed by atoms with Crippen molar-refractivity contribution in [3.05, 3.63) is 41.8 Å². The van der Waals surface area contributed by atoms with E-state index in [1.54, 1.807) is 6.26 Å². The number of hydrogen-bond acceptors (Lipinski definition) is 5. The van der Waals surface area contributed by atoms with Crippen LogP contribution in [0.4, 0.5) is 0 Å². The highest BCUT2D eigenvalue weighted by Gasteiger charge is 2.15. The van der Waals surface area contributed by atoms with Crippen molar-refractivity contribution in [3.8, 4) is 11.5 Å². The summed E-state index contributed by atoms with van der Waals surface area (Å²) in [6.07, 6.45) is 3.71. The first-order chi connectivity index (χ1) is 14.2. The second-order valence-corrected chi connectivity index (χ2v) is 7.29. The van der Waals surface area contributed by atoms with Gasteiger partial charge in [-0.3, -0.25) is 0 Å². The topological polar surface area (TPSA) is 80.9 Å². The molecule has 0 aliphatic carbocycles. The number of nitrogens with zero attached hydrogens (tertiary/aromatic N) is 2. The largest absolute Gasteiger partial charge is 0.444 e. The molecule has 1 aromatic carbocycles. The molecule has 2 heterocycles. The Morgan fingerprint density at radius 3 is 2.90 bits per heavy atom. The predicted octanol–water partition coefficient (Wildman–Crippen LogP) is 3.15. The lowest BCUT2D eigenvalue weighted by molar-refractivity contribution is 0.0888. The molecule has 1 aliphatic rings. The van der Waals surface area contributed by atoms with E-state index in [-0.39, 0.29) is 0 Å². The molecule has 1 aromatic heterocycles. The summed E-state index contributed by atoms with van der Waals surface area (Å²) in [5.74, 6) is 1.96. The fraction of sp³-hybridized carbons (Fsp3) is 0.545. The highest BCUT2D eigenvalue weighted by Crippen LogP contribution is 2.19. The molecule has 0 amide bonds. The maximum absolute atomic E-state index is 5.74. The molecule has 0 bridgehead atoms. The second-order valence-electron chi connectivity index (χ2n) is 7.29. The maximum atomic E-state index is 5.74. The molecule has 1 saturated heterocycles. The average Bonchev–Trinajstić information content (AvgIpc) is 3.41. The number of nitrogens with one attached hydrogen (secondary N) is 2. The molecule has 29 heavy (non-hydrogen) atoms. The van der Waals surface area contributed by atoms with Gasteiger partial charge in [-0.15, -0.1) is 0 Å². The van der Waals surface area contributed by atoms with Gasteiger partial charge in [0.1, 0.15) is 12.0 Å². The van der Waals surface area contributed by atoms with Crippen molar-refractivity contribution in [1.82, 2.24) is 15.6 Å². The van der Waals surface area contributed by atoms with E-state index in [1.807, 2.05) is 12.1 Å². The quantitative estimate of drug-likeness (QED) is 0.362. The first-order valence-corrected chi connectivity index (χ1v) is 10.4. The first kappa shape index (κ1) is 21.3. The zero-order valence-corrected chi connectivity index (χ0v) is 17.4. The van der Waals surface area contributed by atoms with Crippen molar-refractivity contribution in [2.45, 2.75) is 33.2 Å². The van der Waals surface area contributed by atoms with Crippen LogP contribution in [0.2, 0.25) is 0 Å². The minimum absolute atomic E-state index is 0.461. The van der Waals surface area contributed by atoms with Gasteiger partial charge in [0.25, 0.3) is 0 Å². The predicted molar refractivity (Wildman–Crippen MR) is 114 cm³/mol. The Labute approximate surface area is 172 Å². The number of hydrogen-bond donors (Lipinski definition) is 2. The lowest BCUT2D eigenvalue weighted by atomic mass is 10.1. The van der Waals surface area contributed by atoms with Crippen LogP contribution < -0.4 is 10.6 Å². The molecule has 0 radical (unpaired) electrons. The standard InChI is InChI=1S/C22H32N4O3/c1-3-23-22(24-10-4-11-27-14-18-9-12-28-15-18)25-13-20-16-29-21(26-20)19-7-5-17(2)6-8-19/h5-8,16,18H,3-4,9-15H2,1-2H3,(H2,23,24,25). The van der Waals surface area contributed by atoms with Gasteiger partial charge in [-0.2, -0.15) is 0 Å². The van der Waals surface area contributed by atoms with Gasteiger partial charge in [0.05, 0.1) is 19.8 Å². The number of aryl methyl sites for hydroxylation is 1. The Balaban J connectivity index is 1.40. The van der Waals surface area contributed by atoms with Crippen LogP contribution in [0.3, 0.4) is 0 Å². The van der Waals surface area contributed by atoms with E-state index in [1.165, 1.54) is 5.56 Å². The van der Waals surface area contributed by atoms with Crippen LogP contribution in [0.5, 0.6) is 0 Å². The number of aromatic nitrogens is 1. The average molecular weight is 401 g/mol. The molecule has 7 nitrogen and oxygen atoms in total. The molecule has 2 aromatic rings. The van der Waals surface area contributed by atoms with Gasteiger partial charge < -0.3 is 24.5 Å². The van der Waals surface area contributed by atoms with Gasteiger partial charge in [0, 0.05) is 37.8 Å². The first-order valence-electron chi connectivity index (χ1n) is 10.4. The van der Waals surface area contributed by atoms with Crippen molar-refractivity contribution in [3.63, 3.8) is 0 Å². The van der Waals surface area contributed by atoms with E-state index in [9.17, 15) is 0 Å². The second kappa shape index (κ2) is 11.6. The van der Waals surface area contributed by atoms with E-state index in [0.717, 1.165) is 69.6 Å². The normalized spacial score (nSPS) is 16.9. The number of guanidine groups is 1. The van der Waals surface area contributed by atoms with Gasteiger partial charge in [-0.25, -0.2) is 9.98 Å². The zero-order valence-electron chi connectivity index (χ0n) is 17.4. The Bertz CT molecular complexity index is 752. The van der Waals surface area contributed by atoms with Crippen LogP contribution in [0.15, 0.2) is 39.9 Å². The van der Waals surface area contributed by atoms with E-state index >= 15 is 0 Å². The van der Waals surface area contributed by atoms with Crippen molar-refractivity contribution in [1.29, 1.82) is 0 Å². The van der Waals surface area contributed by atoms with Crippen molar-refractivity contribution in [2.75, 3.05) is 39.5 Å². The Hall–Kier alpha value is -2.38. The highest BCUT2D eigenvalue weighted by molar-refractivity contribution is 5.79. The molecule has 1 atom stereocenters. The lowest BCUT2D eigenvalue weighted by Crippen LogP contribution is -2.38. The number of ether oxygens (including phenoxy) is 2. The van der Waals surface area contributed by atoms with Crippen molar-refractivity contribution < 1.29 is 13.9 Å². The zero-order chi connectivity index (χ0) is 20.3. The van der Waals surface area contributed by atoms with Crippen molar-refractivity contribution in [2.24, 2.45) is 10.9 Å². The molecule has 0 spiro atoms. The third-order valence-corrected chi connectivity index (χ3v) is 4.73. The van der Waals surface area contributed by atoms with Crippen molar-refractivity contribution >= 4 is 5.96 Å². The number of oxazole rings is 1. The molecule has 1 unspecified atom stereocenters. The van der Waals surface area contributed by atoms with Crippen LogP contribution in [0.1, 0.15) is 31.0 Å². The number of aliphatic imine (C=N–C) groups is 1. The van der Waals surface area contributed by atoms with Gasteiger partial charge in [0.2, 0.25) is 5.89 Å². The molecule has 3 rings (SSSR count). The SMILES string of the molecule is CCNC(=NCc1coc(-c2ccc(C)cc2)n1)NCCCOCC1CCOC1. The molecule has 2 N–H and O–H groups in total. The molecule has 1 aliphatic heterocycles. The van der Waals surface area contributed by atoms with Gasteiger partial charge in [0.15, 0.2) is 5.96 Å².